The monoisotopic (exact) mass is 251 g/mol. The van der Waals surface area contributed by atoms with Gasteiger partial charge in [0, 0.05) is 24.2 Å². The number of rotatable bonds is 2. The Bertz CT molecular complexity index is 426. The molecule has 1 nitrogen and oxygen atoms in total. The van der Waals surface area contributed by atoms with Crippen LogP contribution in [0.25, 0.3) is 0 Å². The van der Waals surface area contributed by atoms with Crippen LogP contribution < -0.4 is 0 Å². The fourth-order valence-corrected chi connectivity index (χ4v) is 3.65. The molecule has 2 aliphatic rings. The summed E-state index contributed by atoms with van der Waals surface area (Å²) in [5, 5.41) is 0. The Kier molecular flexibility index (Phi) is 3.10. The van der Waals surface area contributed by atoms with E-state index in [1.165, 1.54) is 43.9 Å². The lowest BCUT2D eigenvalue weighted by Gasteiger charge is -2.38. The summed E-state index contributed by atoms with van der Waals surface area (Å²) in [6.07, 6.45) is 4.80. The Hall–Kier alpha value is -0.960. The van der Waals surface area contributed by atoms with Gasteiger partial charge in [0.05, 0.1) is 0 Å². The van der Waals surface area contributed by atoms with E-state index < -0.39 is 11.6 Å². The molecule has 0 saturated carbocycles. The summed E-state index contributed by atoms with van der Waals surface area (Å²) in [4.78, 5) is 2.33. The molecule has 3 rings (SSSR count). The van der Waals surface area contributed by atoms with Crippen LogP contribution in [0.15, 0.2) is 18.2 Å². The molecule has 1 aromatic rings. The number of fused-ring (bicyclic) bond motifs is 2. The quantitative estimate of drug-likeness (QED) is 0.774. The van der Waals surface area contributed by atoms with E-state index >= 15 is 0 Å². The van der Waals surface area contributed by atoms with E-state index in [9.17, 15) is 8.78 Å². The molecule has 3 atom stereocenters. The lowest BCUT2D eigenvalue weighted by Crippen LogP contribution is -2.43. The standard InChI is InChI=1S/C15H19F2N/c1-10-5-6-11-7-8-15(10)18(11)9-12-13(16)3-2-4-14(12)17/h2-4,10-11,15H,5-9H2,1H3. The van der Waals surface area contributed by atoms with E-state index in [0.29, 0.717) is 24.5 Å². The van der Waals surface area contributed by atoms with Crippen LogP contribution in [0.3, 0.4) is 0 Å². The maximum Gasteiger partial charge on any atom is 0.130 e. The molecule has 2 heterocycles. The minimum absolute atomic E-state index is 0.239. The lowest BCUT2D eigenvalue weighted by atomic mass is 9.91. The van der Waals surface area contributed by atoms with Gasteiger partial charge in [-0.15, -0.1) is 0 Å². The number of benzene rings is 1. The molecule has 3 unspecified atom stereocenters. The van der Waals surface area contributed by atoms with Crippen molar-refractivity contribution in [1.29, 1.82) is 0 Å². The highest BCUT2D eigenvalue weighted by molar-refractivity contribution is 5.20. The Balaban J connectivity index is 1.84. The van der Waals surface area contributed by atoms with Crippen molar-refractivity contribution < 1.29 is 8.78 Å². The Morgan fingerprint density at radius 3 is 2.50 bits per heavy atom. The molecule has 1 aromatic carbocycles. The molecule has 2 bridgehead atoms. The summed E-state index contributed by atoms with van der Waals surface area (Å²) in [6, 6.07) is 5.19. The highest BCUT2D eigenvalue weighted by Crippen LogP contribution is 2.40. The summed E-state index contributed by atoms with van der Waals surface area (Å²) < 4.78 is 27.4. The van der Waals surface area contributed by atoms with Gasteiger partial charge in [-0.25, -0.2) is 8.78 Å². The van der Waals surface area contributed by atoms with Crippen molar-refractivity contribution in [1.82, 2.24) is 4.90 Å². The molecule has 98 valence electrons. The first-order valence-electron chi connectivity index (χ1n) is 6.85. The molecule has 0 spiro atoms. The number of nitrogens with zero attached hydrogens (tertiary/aromatic N) is 1. The van der Waals surface area contributed by atoms with Gasteiger partial charge in [0.2, 0.25) is 0 Å². The molecule has 3 heteroatoms. The van der Waals surface area contributed by atoms with Gasteiger partial charge in [-0.05, 0) is 43.7 Å². The smallest absolute Gasteiger partial charge is 0.130 e. The second-order valence-corrected chi connectivity index (χ2v) is 5.73. The summed E-state index contributed by atoms with van der Waals surface area (Å²) >= 11 is 0. The maximum atomic E-state index is 13.7. The second kappa shape index (κ2) is 4.61. The van der Waals surface area contributed by atoms with Crippen LogP contribution in [0.1, 0.15) is 38.2 Å². The summed E-state index contributed by atoms with van der Waals surface area (Å²) in [6.45, 7) is 2.69. The van der Waals surface area contributed by atoms with Crippen molar-refractivity contribution in [3.63, 3.8) is 0 Å². The number of hydrogen-bond donors (Lipinski definition) is 0. The molecule has 18 heavy (non-hydrogen) atoms. The molecule has 2 fully saturated rings. The zero-order valence-corrected chi connectivity index (χ0v) is 10.7. The third-order valence-corrected chi connectivity index (χ3v) is 4.71. The average Bonchev–Trinajstić information content (AvgIpc) is 2.64. The molecule has 2 saturated heterocycles. The van der Waals surface area contributed by atoms with E-state index in [-0.39, 0.29) is 5.56 Å². The predicted octanol–water partition coefficient (Wildman–Crippen LogP) is 3.73. The number of piperidine rings is 1. The maximum absolute atomic E-state index is 13.7. The zero-order chi connectivity index (χ0) is 12.7. The van der Waals surface area contributed by atoms with Gasteiger partial charge in [-0.3, -0.25) is 4.90 Å². The Labute approximate surface area is 107 Å². The SMILES string of the molecule is CC1CCC2CCC1N2Cc1c(F)cccc1F. The van der Waals surface area contributed by atoms with Crippen molar-refractivity contribution in [3.05, 3.63) is 35.4 Å². The minimum atomic E-state index is -0.410. The lowest BCUT2D eigenvalue weighted by molar-refractivity contribution is 0.0889. The normalized spacial score (nSPS) is 31.8. The van der Waals surface area contributed by atoms with E-state index in [0.717, 1.165) is 0 Å². The van der Waals surface area contributed by atoms with E-state index in [4.69, 9.17) is 0 Å². The Morgan fingerprint density at radius 2 is 1.78 bits per heavy atom. The summed E-state index contributed by atoms with van der Waals surface area (Å²) in [7, 11) is 0. The summed E-state index contributed by atoms with van der Waals surface area (Å²) in [5.41, 5.74) is 0.239. The van der Waals surface area contributed by atoms with Gasteiger partial charge in [0.25, 0.3) is 0 Å². The van der Waals surface area contributed by atoms with Crippen molar-refractivity contribution in [2.45, 2.75) is 51.2 Å². The van der Waals surface area contributed by atoms with Crippen LogP contribution in [0, 0.1) is 17.6 Å². The van der Waals surface area contributed by atoms with Crippen LogP contribution >= 0.6 is 0 Å². The highest BCUT2D eigenvalue weighted by Gasteiger charge is 2.40. The minimum Gasteiger partial charge on any atom is -0.293 e. The predicted molar refractivity (Wildman–Crippen MR) is 67.1 cm³/mol. The van der Waals surface area contributed by atoms with Crippen LogP contribution in [0.5, 0.6) is 0 Å². The van der Waals surface area contributed by atoms with Crippen LogP contribution in [0.4, 0.5) is 8.78 Å². The van der Waals surface area contributed by atoms with Crippen molar-refractivity contribution in [3.8, 4) is 0 Å². The second-order valence-electron chi connectivity index (χ2n) is 5.73. The fraction of sp³-hybridized carbons (Fsp3) is 0.600. The zero-order valence-electron chi connectivity index (χ0n) is 10.7. The highest BCUT2D eigenvalue weighted by atomic mass is 19.1. The third-order valence-electron chi connectivity index (χ3n) is 4.71. The number of halogens is 2. The van der Waals surface area contributed by atoms with Crippen LogP contribution in [-0.4, -0.2) is 17.0 Å². The molecular weight excluding hydrogens is 232 g/mol. The van der Waals surface area contributed by atoms with E-state index in [1.54, 1.807) is 0 Å². The van der Waals surface area contributed by atoms with Crippen LogP contribution in [0.2, 0.25) is 0 Å². The van der Waals surface area contributed by atoms with Gasteiger partial charge in [-0.1, -0.05) is 13.0 Å². The van der Waals surface area contributed by atoms with Crippen molar-refractivity contribution in [2.75, 3.05) is 0 Å². The molecule has 0 radical (unpaired) electrons. The fourth-order valence-electron chi connectivity index (χ4n) is 3.65. The van der Waals surface area contributed by atoms with Gasteiger partial charge in [0.1, 0.15) is 11.6 Å². The average molecular weight is 251 g/mol. The number of hydrogen-bond acceptors (Lipinski definition) is 1. The molecule has 2 aliphatic heterocycles. The molecule has 0 N–H and O–H groups in total. The first-order valence-corrected chi connectivity index (χ1v) is 6.85. The van der Waals surface area contributed by atoms with Crippen LogP contribution in [-0.2, 0) is 6.54 Å². The van der Waals surface area contributed by atoms with Gasteiger partial charge in [0.15, 0.2) is 0 Å². The van der Waals surface area contributed by atoms with E-state index in [1.807, 2.05) is 0 Å². The molecular formula is C15H19F2N. The van der Waals surface area contributed by atoms with Gasteiger partial charge in [-0.2, -0.15) is 0 Å². The van der Waals surface area contributed by atoms with Crippen molar-refractivity contribution in [2.24, 2.45) is 5.92 Å². The molecule has 0 aliphatic carbocycles. The van der Waals surface area contributed by atoms with Gasteiger partial charge >= 0.3 is 0 Å². The molecule has 0 aromatic heterocycles. The molecule has 0 amide bonds. The first-order chi connectivity index (χ1) is 8.66. The largest absolute Gasteiger partial charge is 0.293 e. The third kappa shape index (κ3) is 1.95. The Morgan fingerprint density at radius 1 is 1.11 bits per heavy atom. The first kappa shape index (κ1) is 12.1. The van der Waals surface area contributed by atoms with Crippen molar-refractivity contribution >= 4 is 0 Å². The van der Waals surface area contributed by atoms with E-state index in [2.05, 4.69) is 11.8 Å². The summed E-state index contributed by atoms with van der Waals surface area (Å²) in [5.74, 6) is -0.168. The van der Waals surface area contributed by atoms with Gasteiger partial charge < -0.3 is 0 Å². The topological polar surface area (TPSA) is 3.24 Å².